The predicted molar refractivity (Wildman–Crippen MR) is 174 cm³/mol. The third kappa shape index (κ3) is 5.16. The number of carbonyl (C=O) groups is 2. The second kappa shape index (κ2) is 11.6. The van der Waals surface area contributed by atoms with Crippen LogP contribution in [0.3, 0.4) is 0 Å². The molecule has 1 amide bonds. The summed E-state index contributed by atoms with van der Waals surface area (Å²) in [5, 5.41) is 32.1. The number of hydrogen-bond acceptors (Lipinski definition) is 4. The fourth-order valence-corrected chi connectivity index (χ4v) is 6.32. The molecule has 0 bridgehead atoms. The van der Waals surface area contributed by atoms with E-state index in [0.717, 1.165) is 54.2 Å². The molecular formula is C38H35NO4. The molecule has 0 fully saturated rings. The first-order valence-electron chi connectivity index (χ1n) is 14.7. The number of fused-ring (bicyclic) bond motifs is 4. The summed E-state index contributed by atoms with van der Waals surface area (Å²) in [6.07, 6.45) is -0.00406. The first-order valence-corrected chi connectivity index (χ1v) is 14.7. The molecule has 0 radical (unpaired) electrons. The van der Waals surface area contributed by atoms with Gasteiger partial charge in [-0.1, -0.05) is 97.1 Å². The number of rotatable bonds is 9. The van der Waals surface area contributed by atoms with Gasteiger partial charge in [-0.2, -0.15) is 0 Å². The Kier molecular flexibility index (Phi) is 7.70. The summed E-state index contributed by atoms with van der Waals surface area (Å²) in [7, 11) is 0. The van der Waals surface area contributed by atoms with E-state index in [1.165, 1.54) is 0 Å². The molecule has 6 aromatic carbocycles. The van der Waals surface area contributed by atoms with E-state index in [-0.39, 0.29) is 25.4 Å². The summed E-state index contributed by atoms with van der Waals surface area (Å²) < 4.78 is 0. The Labute approximate surface area is 250 Å². The van der Waals surface area contributed by atoms with Gasteiger partial charge in [-0.25, -0.2) is 0 Å². The lowest BCUT2D eigenvalue weighted by Crippen LogP contribution is -2.45. The molecule has 6 aromatic rings. The van der Waals surface area contributed by atoms with Crippen LogP contribution >= 0.6 is 0 Å². The van der Waals surface area contributed by atoms with Crippen LogP contribution in [0.2, 0.25) is 0 Å². The third-order valence-electron chi connectivity index (χ3n) is 8.79. The van der Waals surface area contributed by atoms with Crippen LogP contribution in [0.1, 0.15) is 43.4 Å². The van der Waals surface area contributed by atoms with E-state index >= 15 is 0 Å². The molecule has 2 atom stereocenters. The van der Waals surface area contributed by atoms with Crippen molar-refractivity contribution in [3.05, 3.63) is 120 Å². The van der Waals surface area contributed by atoms with Gasteiger partial charge in [0, 0.05) is 12.3 Å². The average Bonchev–Trinajstić information content (AvgIpc) is 3.03. The van der Waals surface area contributed by atoms with Crippen LogP contribution in [-0.2, 0) is 9.59 Å². The lowest BCUT2D eigenvalue weighted by molar-refractivity contribution is -0.141. The fourth-order valence-electron chi connectivity index (χ4n) is 6.32. The molecule has 5 nitrogen and oxygen atoms in total. The molecular weight excluding hydrogens is 534 g/mol. The topological polar surface area (TPSA) is 86.6 Å². The average molecular weight is 570 g/mol. The van der Waals surface area contributed by atoms with Gasteiger partial charge in [-0.3, -0.25) is 9.59 Å². The van der Waals surface area contributed by atoms with Gasteiger partial charge in [-0.15, -0.1) is 0 Å². The van der Waals surface area contributed by atoms with Gasteiger partial charge >= 0.3 is 0 Å². The lowest BCUT2D eigenvalue weighted by atomic mass is 9.78. The van der Waals surface area contributed by atoms with Crippen LogP contribution in [0.15, 0.2) is 109 Å². The summed E-state index contributed by atoms with van der Waals surface area (Å²) in [4.78, 5) is 27.8. The smallest absolute Gasteiger partial charge is 0.233 e. The number of aliphatic hydroxyl groups excluding tert-OH is 2. The number of nitrogens with one attached hydrogen (secondary N) is 1. The Hall–Kier alpha value is -4.58. The van der Waals surface area contributed by atoms with Crippen molar-refractivity contribution in [1.29, 1.82) is 0 Å². The van der Waals surface area contributed by atoms with Gasteiger partial charge in [0.15, 0.2) is 0 Å². The van der Waals surface area contributed by atoms with E-state index < -0.39 is 23.3 Å². The maximum Gasteiger partial charge on any atom is 0.233 e. The van der Waals surface area contributed by atoms with Gasteiger partial charge in [0.25, 0.3) is 0 Å². The van der Waals surface area contributed by atoms with Gasteiger partial charge in [-0.05, 0) is 80.2 Å². The van der Waals surface area contributed by atoms with Crippen LogP contribution < -0.4 is 5.32 Å². The standard InChI is InChI=1S/C38H35NO4/c1-38(2,34(42)21-28(22-40)35-29-15-7-3-11-24(29)19-25-12-4-8-16-30(25)35)37(43)39-33(23-41)36-31-17-9-5-13-26(31)20-27-14-6-10-18-32(27)36/h3-20,28,33,40-41H,21-23H2,1-2H3,(H,39,43)/t28-,33-/m1/s1. The number of ketones is 1. The maximum atomic E-state index is 13.9. The van der Waals surface area contributed by atoms with Crippen molar-refractivity contribution in [1.82, 2.24) is 5.32 Å². The molecule has 0 saturated heterocycles. The summed E-state index contributed by atoms with van der Waals surface area (Å²) in [6, 6.07) is 35.3. The summed E-state index contributed by atoms with van der Waals surface area (Å²) in [6.45, 7) is 2.68. The zero-order valence-electron chi connectivity index (χ0n) is 24.4. The molecule has 0 aliphatic rings. The van der Waals surface area contributed by atoms with Crippen molar-refractivity contribution in [3.63, 3.8) is 0 Å². The van der Waals surface area contributed by atoms with Gasteiger partial charge in [0.05, 0.1) is 19.3 Å². The first-order chi connectivity index (χ1) is 20.8. The lowest BCUT2D eigenvalue weighted by Gasteiger charge is -2.29. The van der Waals surface area contributed by atoms with Crippen molar-refractivity contribution in [2.75, 3.05) is 13.2 Å². The van der Waals surface area contributed by atoms with Crippen molar-refractivity contribution in [2.45, 2.75) is 32.2 Å². The van der Waals surface area contributed by atoms with Crippen LogP contribution in [0.4, 0.5) is 0 Å². The van der Waals surface area contributed by atoms with E-state index in [2.05, 4.69) is 17.4 Å². The highest BCUT2D eigenvalue weighted by atomic mass is 16.3. The zero-order valence-corrected chi connectivity index (χ0v) is 24.4. The van der Waals surface area contributed by atoms with Crippen molar-refractivity contribution >= 4 is 54.8 Å². The van der Waals surface area contributed by atoms with Crippen molar-refractivity contribution in [2.24, 2.45) is 5.41 Å². The molecule has 0 unspecified atom stereocenters. The second-order valence-electron chi connectivity index (χ2n) is 11.8. The van der Waals surface area contributed by atoms with Crippen LogP contribution in [0, 0.1) is 5.41 Å². The Bertz CT molecular complexity index is 1740. The molecule has 43 heavy (non-hydrogen) atoms. The minimum atomic E-state index is -1.40. The number of hydrogen-bond donors (Lipinski definition) is 3. The highest BCUT2D eigenvalue weighted by Gasteiger charge is 2.38. The monoisotopic (exact) mass is 569 g/mol. The molecule has 0 aliphatic carbocycles. The molecule has 0 heterocycles. The number of Topliss-reactive ketones (excluding diaryl/α,β-unsaturated/α-hetero) is 1. The minimum absolute atomic E-state index is 0.00406. The fraction of sp³-hybridized carbons (Fsp3) is 0.211. The first kappa shape index (κ1) is 28.5. The second-order valence-corrected chi connectivity index (χ2v) is 11.8. The van der Waals surface area contributed by atoms with Gasteiger partial charge in [0.2, 0.25) is 5.91 Å². The van der Waals surface area contributed by atoms with Gasteiger partial charge in [0.1, 0.15) is 11.2 Å². The summed E-state index contributed by atoms with van der Waals surface area (Å²) >= 11 is 0. The van der Waals surface area contributed by atoms with Gasteiger partial charge < -0.3 is 15.5 Å². The van der Waals surface area contributed by atoms with Crippen LogP contribution in [0.25, 0.3) is 43.1 Å². The third-order valence-corrected chi connectivity index (χ3v) is 8.79. The Morgan fingerprint density at radius 3 is 1.42 bits per heavy atom. The van der Waals surface area contributed by atoms with E-state index in [4.69, 9.17) is 0 Å². The van der Waals surface area contributed by atoms with Crippen LogP contribution in [0.5, 0.6) is 0 Å². The molecule has 3 N–H and O–H groups in total. The van der Waals surface area contributed by atoms with Crippen LogP contribution in [-0.4, -0.2) is 35.1 Å². The minimum Gasteiger partial charge on any atom is -0.396 e. The van der Waals surface area contributed by atoms with E-state index in [0.29, 0.717) is 0 Å². The largest absolute Gasteiger partial charge is 0.396 e. The van der Waals surface area contributed by atoms with E-state index in [1.54, 1.807) is 13.8 Å². The highest BCUT2D eigenvalue weighted by molar-refractivity contribution is 6.08. The molecule has 0 aliphatic heterocycles. The zero-order chi connectivity index (χ0) is 30.1. The SMILES string of the molecule is CC(C)(C(=O)C[C@H](CO)c1c2ccccc2cc2ccccc12)C(=O)N[C@H](CO)c1c2ccccc2cc2ccccc12. The normalized spacial score (nSPS) is 13.4. The van der Waals surface area contributed by atoms with Crippen molar-refractivity contribution < 1.29 is 19.8 Å². The van der Waals surface area contributed by atoms with E-state index in [1.807, 2.05) is 97.1 Å². The number of aliphatic hydroxyl groups is 2. The summed E-state index contributed by atoms with van der Waals surface area (Å²) in [5.74, 6) is -1.24. The molecule has 216 valence electrons. The Morgan fingerprint density at radius 1 is 0.628 bits per heavy atom. The number of benzene rings is 6. The quantitative estimate of drug-likeness (QED) is 0.127. The molecule has 0 saturated carbocycles. The maximum absolute atomic E-state index is 13.9. The molecule has 6 rings (SSSR count). The number of amides is 1. The highest BCUT2D eigenvalue weighted by Crippen LogP contribution is 2.38. The van der Waals surface area contributed by atoms with Crippen molar-refractivity contribution in [3.8, 4) is 0 Å². The Balaban J connectivity index is 1.33. The molecule has 0 aromatic heterocycles. The van der Waals surface area contributed by atoms with E-state index in [9.17, 15) is 19.8 Å². The molecule has 5 heteroatoms. The molecule has 0 spiro atoms. The summed E-state index contributed by atoms with van der Waals surface area (Å²) in [5.41, 5.74) is 0.334. The Morgan fingerprint density at radius 2 is 1.02 bits per heavy atom. The number of carbonyl (C=O) groups excluding carboxylic acids is 2. The predicted octanol–water partition coefficient (Wildman–Crippen LogP) is 7.21.